The third-order valence-electron chi connectivity index (χ3n) is 4.19. The van der Waals surface area contributed by atoms with Crippen LogP contribution in [0, 0.1) is 6.92 Å². The van der Waals surface area contributed by atoms with Crippen LogP contribution in [-0.4, -0.2) is 20.5 Å². The Labute approximate surface area is 170 Å². The summed E-state index contributed by atoms with van der Waals surface area (Å²) in [5.74, 6) is 0.0505. The van der Waals surface area contributed by atoms with Gasteiger partial charge in [0.2, 0.25) is 0 Å². The van der Waals surface area contributed by atoms with Gasteiger partial charge in [0.15, 0.2) is 9.84 Å². The fourth-order valence-electron chi connectivity index (χ4n) is 2.84. The standard InChI is InChI=1S/C20H18F3NO3S2/c1-13-3-8-18(27-2)15(9-13)11-29(25,26)12-17-10-28-19(24-17)14-4-6-16(7-5-14)20(21,22)23/h3-10H,11-12H2,1-2H3. The van der Waals surface area contributed by atoms with Crippen LogP contribution in [-0.2, 0) is 27.5 Å². The molecule has 0 unspecified atom stereocenters. The topological polar surface area (TPSA) is 56.3 Å². The summed E-state index contributed by atoms with van der Waals surface area (Å²) >= 11 is 1.19. The van der Waals surface area contributed by atoms with Gasteiger partial charge in [0.25, 0.3) is 0 Å². The van der Waals surface area contributed by atoms with Crippen molar-refractivity contribution in [2.24, 2.45) is 0 Å². The lowest BCUT2D eigenvalue weighted by Gasteiger charge is -2.09. The van der Waals surface area contributed by atoms with E-state index in [0.717, 1.165) is 17.7 Å². The number of aryl methyl sites for hydroxylation is 1. The molecule has 0 fully saturated rings. The van der Waals surface area contributed by atoms with Crippen molar-refractivity contribution in [3.05, 3.63) is 70.2 Å². The Hall–Kier alpha value is -2.39. The second-order valence-electron chi connectivity index (χ2n) is 6.57. The molecule has 0 aliphatic carbocycles. The van der Waals surface area contributed by atoms with Gasteiger partial charge in [0.05, 0.1) is 29.9 Å². The maximum Gasteiger partial charge on any atom is 0.416 e. The first-order valence-electron chi connectivity index (χ1n) is 8.53. The van der Waals surface area contributed by atoms with Crippen molar-refractivity contribution in [3.8, 4) is 16.3 Å². The molecule has 9 heteroatoms. The number of benzene rings is 2. The lowest BCUT2D eigenvalue weighted by Crippen LogP contribution is -2.09. The molecule has 0 saturated carbocycles. The maximum absolute atomic E-state index is 12.7. The molecular weight excluding hydrogens is 423 g/mol. The number of rotatable bonds is 6. The molecule has 1 aromatic heterocycles. The summed E-state index contributed by atoms with van der Waals surface area (Å²) in [7, 11) is -2.03. The maximum atomic E-state index is 12.7. The first-order valence-corrected chi connectivity index (χ1v) is 11.2. The van der Waals surface area contributed by atoms with E-state index in [2.05, 4.69) is 4.98 Å². The van der Waals surface area contributed by atoms with Crippen molar-refractivity contribution in [2.75, 3.05) is 7.11 Å². The Bertz CT molecular complexity index is 1100. The quantitative estimate of drug-likeness (QED) is 0.524. The van der Waals surface area contributed by atoms with Gasteiger partial charge in [0, 0.05) is 16.5 Å². The van der Waals surface area contributed by atoms with Crippen LogP contribution in [0.15, 0.2) is 47.8 Å². The molecule has 0 aliphatic rings. The highest BCUT2D eigenvalue weighted by molar-refractivity contribution is 7.89. The molecular formula is C20H18F3NO3S2. The van der Waals surface area contributed by atoms with Gasteiger partial charge >= 0.3 is 6.18 Å². The van der Waals surface area contributed by atoms with Gasteiger partial charge in [-0.25, -0.2) is 13.4 Å². The molecule has 0 amide bonds. The Morgan fingerprint density at radius 2 is 1.76 bits per heavy atom. The van der Waals surface area contributed by atoms with Crippen LogP contribution in [0.4, 0.5) is 13.2 Å². The summed E-state index contributed by atoms with van der Waals surface area (Å²) in [5, 5.41) is 2.08. The van der Waals surface area contributed by atoms with Gasteiger partial charge < -0.3 is 4.74 Å². The second kappa shape index (κ2) is 8.16. The number of methoxy groups -OCH3 is 1. The summed E-state index contributed by atoms with van der Waals surface area (Å²) in [6.07, 6.45) is -4.41. The molecule has 0 spiro atoms. The molecule has 3 aromatic rings. The van der Waals surface area contributed by atoms with E-state index in [0.29, 0.717) is 27.6 Å². The minimum Gasteiger partial charge on any atom is -0.496 e. The third-order valence-corrected chi connectivity index (χ3v) is 6.62. The average Bonchev–Trinajstić information content (AvgIpc) is 3.08. The van der Waals surface area contributed by atoms with E-state index in [4.69, 9.17) is 4.74 Å². The number of nitrogens with zero attached hydrogens (tertiary/aromatic N) is 1. The molecule has 4 nitrogen and oxygen atoms in total. The van der Waals surface area contributed by atoms with Crippen molar-refractivity contribution >= 4 is 21.2 Å². The second-order valence-corrected chi connectivity index (χ2v) is 9.49. The van der Waals surface area contributed by atoms with Gasteiger partial charge in [-0.1, -0.05) is 29.8 Å². The first-order chi connectivity index (χ1) is 13.6. The number of ether oxygens (including phenoxy) is 1. The summed E-state index contributed by atoms with van der Waals surface area (Å²) in [4.78, 5) is 4.29. The predicted octanol–water partition coefficient (Wildman–Crippen LogP) is 5.26. The van der Waals surface area contributed by atoms with Crippen LogP contribution < -0.4 is 4.74 Å². The zero-order valence-corrected chi connectivity index (χ0v) is 17.3. The monoisotopic (exact) mass is 441 g/mol. The summed E-state index contributed by atoms with van der Waals surface area (Å²) in [6.45, 7) is 1.87. The van der Waals surface area contributed by atoms with Crippen molar-refractivity contribution in [3.63, 3.8) is 0 Å². The number of sulfone groups is 1. The Balaban J connectivity index is 1.76. The van der Waals surface area contributed by atoms with E-state index < -0.39 is 21.6 Å². The molecule has 154 valence electrons. The molecule has 0 N–H and O–H groups in total. The molecule has 3 rings (SSSR count). The SMILES string of the molecule is COc1ccc(C)cc1CS(=O)(=O)Cc1csc(-c2ccc(C(F)(F)F)cc2)n1. The van der Waals surface area contributed by atoms with E-state index in [-0.39, 0.29) is 11.5 Å². The number of alkyl halides is 3. The van der Waals surface area contributed by atoms with Crippen LogP contribution in [0.3, 0.4) is 0 Å². The van der Waals surface area contributed by atoms with E-state index in [1.807, 2.05) is 13.0 Å². The van der Waals surface area contributed by atoms with Crippen molar-refractivity contribution in [1.82, 2.24) is 4.98 Å². The average molecular weight is 441 g/mol. The minimum atomic E-state index is -4.41. The third kappa shape index (κ3) is 5.36. The zero-order chi connectivity index (χ0) is 21.2. The van der Waals surface area contributed by atoms with Gasteiger partial charge in [0.1, 0.15) is 10.8 Å². The molecule has 2 aromatic carbocycles. The summed E-state index contributed by atoms with van der Waals surface area (Å²) in [6, 6.07) is 9.96. The van der Waals surface area contributed by atoms with Crippen molar-refractivity contribution < 1.29 is 26.3 Å². The summed E-state index contributed by atoms with van der Waals surface area (Å²) < 4.78 is 68.5. The lowest BCUT2D eigenvalue weighted by atomic mass is 10.1. The smallest absolute Gasteiger partial charge is 0.416 e. The summed E-state index contributed by atoms with van der Waals surface area (Å²) in [5.41, 5.74) is 1.62. The van der Waals surface area contributed by atoms with Gasteiger partial charge in [-0.15, -0.1) is 11.3 Å². The Morgan fingerprint density at radius 3 is 2.38 bits per heavy atom. The fraction of sp³-hybridized carbons (Fsp3) is 0.250. The van der Waals surface area contributed by atoms with Crippen LogP contribution in [0.2, 0.25) is 0 Å². The largest absolute Gasteiger partial charge is 0.496 e. The molecule has 0 radical (unpaired) electrons. The van der Waals surface area contributed by atoms with Gasteiger partial charge in [-0.2, -0.15) is 13.2 Å². The lowest BCUT2D eigenvalue weighted by molar-refractivity contribution is -0.137. The fourth-order valence-corrected chi connectivity index (χ4v) is 5.17. The number of thiazole rings is 1. The number of aromatic nitrogens is 1. The van der Waals surface area contributed by atoms with E-state index >= 15 is 0 Å². The minimum absolute atomic E-state index is 0.189. The van der Waals surface area contributed by atoms with Gasteiger partial charge in [-0.05, 0) is 25.1 Å². The highest BCUT2D eigenvalue weighted by atomic mass is 32.2. The predicted molar refractivity (Wildman–Crippen MR) is 107 cm³/mol. The number of hydrogen-bond donors (Lipinski definition) is 0. The Morgan fingerprint density at radius 1 is 1.07 bits per heavy atom. The molecule has 0 aliphatic heterocycles. The van der Waals surface area contributed by atoms with Crippen LogP contribution in [0.5, 0.6) is 5.75 Å². The van der Waals surface area contributed by atoms with E-state index in [1.54, 1.807) is 17.5 Å². The molecule has 1 heterocycles. The zero-order valence-electron chi connectivity index (χ0n) is 15.7. The van der Waals surface area contributed by atoms with Crippen LogP contribution >= 0.6 is 11.3 Å². The highest BCUT2D eigenvalue weighted by Crippen LogP contribution is 2.32. The van der Waals surface area contributed by atoms with Crippen molar-refractivity contribution in [1.29, 1.82) is 0 Å². The highest BCUT2D eigenvalue weighted by Gasteiger charge is 2.30. The molecule has 29 heavy (non-hydrogen) atoms. The first kappa shape index (κ1) is 21.3. The molecule has 0 bridgehead atoms. The molecule has 0 atom stereocenters. The van der Waals surface area contributed by atoms with Crippen LogP contribution in [0.25, 0.3) is 10.6 Å². The van der Waals surface area contributed by atoms with Gasteiger partial charge in [-0.3, -0.25) is 0 Å². The van der Waals surface area contributed by atoms with E-state index in [9.17, 15) is 21.6 Å². The van der Waals surface area contributed by atoms with Crippen LogP contribution in [0.1, 0.15) is 22.4 Å². The Kier molecular flexibility index (Phi) is 6.00. The normalized spacial score (nSPS) is 12.2. The number of hydrogen-bond acceptors (Lipinski definition) is 5. The molecule has 0 saturated heterocycles. The van der Waals surface area contributed by atoms with E-state index in [1.165, 1.54) is 30.6 Å². The number of halogens is 3. The van der Waals surface area contributed by atoms with Crippen molar-refractivity contribution in [2.45, 2.75) is 24.6 Å².